The molecule has 0 saturated heterocycles. The maximum atomic E-state index is 15.9. The second kappa shape index (κ2) is 60.0. The van der Waals surface area contributed by atoms with Gasteiger partial charge in [0.25, 0.3) is 0 Å². The van der Waals surface area contributed by atoms with Gasteiger partial charge in [-0.2, -0.15) is 4.20 Å². The fourth-order valence-electron chi connectivity index (χ4n) is 16.3. The van der Waals surface area contributed by atoms with Crippen LogP contribution in [0.4, 0.5) is 4.20 Å². The van der Waals surface area contributed by atoms with Crippen LogP contribution in [0.25, 0.3) is 0 Å². The molecule has 0 fully saturated rings. The zero-order valence-corrected chi connectivity index (χ0v) is 68.9. The van der Waals surface area contributed by atoms with Crippen LogP contribution in [0.15, 0.2) is 36.4 Å². The van der Waals surface area contributed by atoms with Gasteiger partial charge in [0.2, 0.25) is 0 Å². The first-order valence-electron chi connectivity index (χ1n) is 44.1. The Morgan fingerprint density at radius 1 is 0.268 bits per heavy atom. The number of unbranched alkanes of at least 4 members (excludes halogenated alkanes) is 56. The predicted octanol–water partition coefficient (Wildman–Crippen LogP) is 34.1. The van der Waals surface area contributed by atoms with Crippen molar-refractivity contribution in [2.24, 2.45) is 0 Å². The van der Waals surface area contributed by atoms with Gasteiger partial charge in [-0.25, -0.2) is 0 Å². The maximum Gasteiger partial charge on any atom is 0.373 e. The Balaban J connectivity index is 2.41. The van der Waals surface area contributed by atoms with Crippen LogP contribution in [0.2, 0.25) is 0 Å². The first-order valence-corrected chi connectivity index (χ1v) is 45.2. The molecule has 0 radical (unpaired) electrons. The summed E-state index contributed by atoms with van der Waals surface area (Å²) in [7, 11) is -3.15. The molecule has 0 amide bonds. The average Bonchev–Trinajstić information content (AvgIpc) is 0.761. The van der Waals surface area contributed by atoms with Crippen LogP contribution in [0.3, 0.4) is 0 Å². The molecule has 0 aromatic heterocycles. The molecular formula is C93H172FO2P. The van der Waals surface area contributed by atoms with Crippen molar-refractivity contribution < 1.29 is 13.6 Å². The van der Waals surface area contributed by atoms with E-state index in [9.17, 15) is 4.89 Å². The Bertz CT molecular complexity index is 1910. The molecule has 2 aromatic carbocycles. The van der Waals surface area contributed by atoms with Crippen molar-refractivity contribution >= 4 is 8.69 Å². The molecule has 1 atom stereocenters. The molecule has 2 rings (SSSR count). The number of benzene rings is 2. The summed E-state index contributed by atoms with van der Waals surface area (Å²) < 4.78 is 22.4. The molecule has 0 saturated carbocycles. The van der Waals surface area contributed by atoms with Gasteiger partial charge in [-0.1, -0.05) is 505 Å². The van der Waals surface area contributed by atoms with Crippen molar-refractivity contribution in [1.82, 2.24) is 0 Å². The fraction of sp³-hybridized carbons (Fsp3) is 0.871. The molecule has 1 unspecified atom stereocenters. The summed E-state index contributed by atoms with van der Waals surface area (Å²) >= 11 is 0. The molecule has 568 valence electrons. The molecule has 0 bridgehead atoms. The van der Waals surface area contributed by atoms with Gasteiger partial charge in [0, 0.05) is 0 Å². The molecule has 0 aliphatic heterocycles. The summed E-state index contributed by atoms with van der Waals surface area (Å²) in [5.41, 5.74) is 7.06. The zero-order valence-electron chi connectivity index (χ0n) is 68.0. The Morgan fingerprint density at radius 2 is 0.433 bits per heavy atom. The van der Waals surface area contributed by atoms with Gasteiger partial charge >= 0.3 is 8.69 Å². The second-order valence-electron chi connectivity index (χ2n) is 34.7. The van der Waals surface area contributed by atoms with E-state index in [4.69, 9.17) is 4.52 Å². The lowest BCUT2D eigenvalue weighted by Crippen LogP contribution is -2.27. The number of hydrogen-bond acceptors (Lipinski definition) is 2. The fourth-order valence-corrected chi connectivity index (χ4v) is 16.7. The van der Waals surface area contributed by atoms with Crippen LogP contribution in [-0.4, -0.2) is 4.89 Å². The molecule has 0 heterocycles. The van der Waals surface area contributed by atoms with E-state index in [0.29, 0.717) is 0 Å². The van der Waals surface area contributed by atoms with E-state index in [1.54, 1.807) is 0 Å². The van der Waals surface area contributed by atoms with E-state index >= 15 is 4.20 Å². The highest BCUT2D eigenvalue weighted by Crippen LogP contribution is 2.50. The van der Waals surface area contributed by atoms with Crippen molar-refractivity contribution in [3.8, 4) is 0 Å². The van der Waals surface area contributed by atoms with E-state index in [-0.39, 0.29) is 21.7 Å². The van der Waals surface area contributed by atoms with Crippen LogP contribution in [-0.2, 0) is 26.2 Å². The van der Waals surface area contributed by atoms with E-state index in [0.717, 1.165) is 36.8 Å². The van der Waals surface area contributed by atoms with Gasteiger partial charge in [-0.15, -0.1) is 0 Å². The standard InChI is InChI=1S/C93H172FO2P/c1-13-17-21-25-29-33-37-41-45-49-53-57-61-65-69-77-90(5,6)83-73-75-85(87(81-83)92(9,10)79-71-67-63-59-55-51-47-43-39-35-31-27-23-19-15-3)89(96-97(94)95)86-76-74-84(91(7,8)78-70-66-62-58-54-50-46-42-38-34-30-26-22-18-14-2)82-88(86)93(11,12)80-72-68-64-60-56-52-48-44-40-36-32-28-24-20-16-4/h73-76,81-82,89,95H,13-72,77-80H2,1-12H3. The van der Waals surface area contributed by atoms with E-state index in [1.165, 1.54) is 408 Å². The molecule has 2 nitrogen and oxygen atoms in total. The monoisotopic (exact) mass is 1370 g/mol. The van der Waals surface area contributed by atoms with E-state index in [1.807, 2.05) is 0 Å². The molecule has 0 aliphatic rings. The predicted molar refractivity (Wildman–Crippen MR) is 436 cm³/mol. The highest BCUT2D eigenvalue weighted by Gasteiger charge is 2.36. The highest BCUT2D eigenvalue weighted by atomic mass is 31.2. The third-order valence-corrected chi connectivity index (χ3v) is 23.9. The van der Waals surface area contributed by atoms with Gasteiger partial charge in [0.05, 0.1) is 0 Å². The van der Waals surface area contributed by atoms with Crippen molar-refractivity contribution in [3.05, 3.63) is 69.8 Å². The van der Waals surface area contributed by atoms with Crippen LogP contribution < -0.4 is 0 Å². The van der Waals surface area contributed by atoms with Gasteiger partial charge < -0.3 is 4.89 Å². The van der Waals surface area contributed by atoms with Crippen LogP contribution in [0, 0.1) is 0 Å². The number of rotatable bonds is 72. The topological polar surface area (TPSA) is 29.5 Å². The number of halogens is 1. The van der Waals surface area contributed by atoms with E-state index in [2.05, 4.69) is 119 Å². The molecule has 97 heavy (non-hydrogen) atoms. The molecule has 4 heteroatoms. The molecule has 1 N–H and O–H groups in total. The summed E-state index contributed by atoms with van der Waals surface area (Å²) in [5, 5.41) is 0. The second-order valence-corrected chi connectivity index (χ2v) is 35.3. The lowest BCUT2D eigenvalue weighted by atomic mass is 9.70. The maximum absolute atomic E-state index is 15.9. The van der Waals surface area contributed by atoms with E-state index < -0.39 is 14.8 Å². The first kappa shape index (κ1) is 91.8. The van der Waals surface area contributed by atoms with Crippen molar-refractivity contribution in [3.63, 3.8) is 0 Å². The van der Waals surface area contributed by atoms with Crippen molar-refractivity contribution in [1.29, 1.82) is 0 Å². The third kappa shape index (κ3) is 46.2. The molecular weight excluding hydrogens is 1200 g/mol. The summed E-state index contributed by atoms with van der Waals surface area (Å²) in [6.07, 6.45) is 86.2. The quantitative estimate of drug-likeness (QED) is 0.0528. The van der Waals surface area contributed by atoms with Crippen LogP contribution in [0.5, 0.6) is 0 Å². The largest absolute Gasteiger partial charge is 0.373 e. The summed E-state index contributed by atoms with van der Waals surface area (Å²) in [6.45, 7) is 29.0. The Morgan fingerprint density at radius 3 is 0.608 bits per heavy atom. The summed E-state index contributed by atoms with van der Waals surface area (Å²) in [5.74, 6) is 0. The van der Waals surface area contributed by atoms with Gasteiger partial charge in [-0.05, 0) is 80.7 Å². The average molecular weight is 1370 g/mol. The Labute approximate surface area is 610 Å². The Kier molecular flexibility index (Phi) is 56.8. The normalized spacial score (nSPS) is 12.9. The van der Waals surface area contributed by atoms with Gasteiger partial charge in [0.1, 0.15) is 6.10 Å². The summed E-state index contributed by atoms with van der Waals surface area (Å²) in [6, 6.07) is 14.5. The summed E-state index contributed by atoms with van der Waals surface area (Å²) in [4.78, 5) is 11.0. The van der Waals surface area contributed by atoms with Gasteiger partial charge in [0.15, 0.2) is 0 Å². The minimum Gasteiger partial charge on any atom is -0.325 e. The van der Waals surface area contributed by atoms with Crippen LogP contribution >= 0.6 is 8.69 Å². The smallest absolute Gasteiger partial charge is 0.325 e. The minimum atomic E-state index is -3.15. The SMILES string of the molecule is CCCCCCCCCCCCCCCCCC(C)(C)c1ccc(C(OP(O)F)c2ccc(C(C)(C)CCCCCCCCCCCCCCCCC)cc2C(C)(C)CCCCCCCCCCCCCCCCC)c(C(C)(C)CCCCCCCCCCCCCCCCC)c1. The van der Waals surface area contributed by atoms with Crippen molar-refractivity contribution in [2.75, 3.05) is 0 Å². The molecule has 0 aliphatic carbocycles. The van der Waals surface area contributed by atoms with Crippen molar-refractivity contribution in [2.45, 2.75) is 522 Å². The zero-order chi connectivity index (χ0) is 70.8. The lowest BCUT2D eigenvalue weighted by molar-refractivity contribution is 0.218. The van der Waals surface area contributed by atoms with Gasteiger partial charge in [-0.3, -0.25) is 4.52 Å². The first-order chi connectivity index (χ1) is 47.0. The number of hydrogen-bond donors (Lipinski definition) is 1. The third-order valence-electron chi connectivity index (χ3n) is 23.5. The lowest BCUT2D eigenvalue weighted by Gasteiger charge is -2.37. The molecule has 2 aromatic rings. The van der Waals surface area contributed by atoms with Crippen LogP contribution in [0.1, 0.15) is 534 Å². The highest BCUT2D eigenvalue weighted by molar-refractivity contribution is 7.40. The molecule has 0 spiro atoms. The Hall–Kier alpha value is -1.28. The minimum absolute atomic E-state index is 0.00509.